The highest BCUT2D eigenvalue weighted by molar-refractivity contribution is 7.87. The Hall–Kier alpha value is -2.22. The smallest absolute Gasteiger partial charge is 0.336 e. The summed E-state index contributed by atoms with van der Waals surface area (Å²) < 4.78 is 141. The van der Waals surface area contributed by atoms with E-state index in [0.29, 0.717) is 0 Å². The van der Waals surface area contributed by atoms with Gasteiger partial charge in [0.25, 0.3) is 0 Å². The van der Waals surface area contributed by atoms with E-state index in [1.165, 1.54) is 18.2 Å². The van der Waals surface area contributed by atoms with E-state index in [1.54, 1.807) is 18.2 Å². The summed E-state index contributed by atoms with van der Waals surface area (Å²) in [5.74, 6) is -11.3. The number of benzene rings is 2. The van der Waals surface area contributed by atoms with E-state index in [-0.39, 0.29) is 17.5 Å². The molecule has 196 valence electrons. The van der Waals surface area contributed by atoms with Crippen molar-refractivity contribution in [1.82, 2.24) is 0 Å². The summed E-state index contributed by atoms with van der Waals surface area (Å²) in [4.78, 5) is 0. The van der Waals surface area contributed by atoms with Gasteiger partial charge in [0.05, 0.1) is 17.8 Å². The van der Waals surface area contributed by atoms with E-state index in [2.05, 4.69) is 0 Å². The zero-order chi connectivity index (χ0) is 26.3. The standard InChI is InChI=1S/C23H19F7O5S/c24-21(25,23(29,30)36(31,32)33)17-10-12-9-16(17)19-18(12)34-20(35-19,13-5-2-1-3-6-13)14-7-4-8-15(11-14)22(26,27)28/h1-8,11-12,16-19H,9-10H2,(H,31,32,33). The Labute approximate surface area is 200 Å². The van der Waals surface area contributed by atoms with E-state index >= 15 is 0 Å². The predicted molar refractivity (Wildman–Crippen MR) is 110 cm³/mol. The monoisotopic (exact) mass is 540 g/mol. The molecule has 0 radical (unpaired) electrons. The van der Waals surface area contributed by atoms with Crippen LogP contribution in [-0.4, -0.2) is 36.4 Å². The third kappa shape index (κ3) is 3.57. The molecule has 3 fully saturated rings. The molecule has 13 heteroatoms. The van der Waals surface area contributed by atoms with Crippen molar-refractivity contribution in [3.8, 4) is 0 Å². The van der Waals surface area contributed by atoms with E-state index in [9.17, 15) is 39.2 Å². The van der Waals surface area contributed by atoms with Gasteiger partial charge in [0.2, 0.25) is 5.79 Å². The fourth-order valence-electron chi connectivity index (χ4n) is 5.78. The van der Waals surface area contributed by atoms with Crippen molar-refractivity contribution in [1.29, 1.82) is 0 Å². The third-order valence-corrected chi connectivity index (χ3v) is 8.28. The van der Waals surface area contributed by atoms with Gasteiger partial charge in [-0.2, -0.15) is 39.2 Å². The molecule has 0 amide bonds. The molecule has 3 aliphatic rings. The molecule has 6 atom stereocenters. The molecule has 1 aliphatic heterocycles. The van der Waals surface area contributed by atoms with Crippen LogP contribution >= 0.6 is 0 Å². The van der Waals surface area contributed by atoms with Crippen LogP contribution in [0, 0.1) is 17.8 Å². The minimum Gasteiger partial charge on any atom is -0.336 e. The minimum absolute atomic E-state index is 0.0371. The fourth-order valence-corrected chi connectivity index (χ4v) is 6.28. The van der Waals surface area contributed by atoms with Crippen molar-refractivity contribution >= 4 is 10.1 Å². The molecule has 2 saturated carbocycles. The number of hydrogen-bond acceptors (Lipinski definition) is 4. The topological polar surface area (TPSA) is 72.8 Å². The van der Waals surface area contributed by atoms with Crippen LogP contribution in [0.1, 0.15) is 29.5 Å². The molecule has 2 bridgehead atoms. The molecule has 2 aromatic rings. The molecule has 6 unspecified atom stereocenters. The van der Waals surface area contributed by atoms with Crippen molar-refractivity contribution in [3.05, 3.63) is 71.3 Å². The highest BCUT2D eigenvalue weighted by atomic mass is 32.2. The van der Waals surface area contributed by atoms with E-state index < -0.39 is 75.2 Å². The maximum Gasteiger partial charge on any atom is 0.431 e. The maximum atomic E-state index is 14.8. The highest BCUT2D eigenvalue weighted by Gasteiger charge is 2.75. The number of fused-ring (bicyclic) bond motifs is 5. The number of ether oxygens (including phenoxy) is 2. The molecular formula is C23H19F7O5S. The summed E-state index contributed by atoms with van der Waals surface area (Å²) in [6.07, 6.45) is -7.41. The minimum atomic E-state index is -6.43. The molecule has 1 saturated heterocycles. The second-order valence-electron chi connectivity index (χ2n) is 9.34. The summed E-state index contributed by atoms with van der Waals surface area (Å²) in [5.41, 5.74) is -0.798. The van der Waals surface area contributed by atoms with Crippen LogP contribution in [0.3, 0.4) is 0 Å². The molecule has 1 heterocycles. The zero-order valence-corrected chi connectivity index (χ0v) is 18.9. The quantitative estimate of drug-likeness (QED) is 0.403. The molecule has 5 nitrogen and oxygen atoms in total. The highest BCUT2D eigenvalue weighted by Crippen LogP contribution is 2.63. The van der Waals surface area contributed by atoms with Crippen LogP contribution in [0.2, 0.25) is 0 Å². The van der Waals surface area contributed by atoms with E-state index in [1.807, 2.05) is 0 Å². The largest absolute Gasteiger partial charge is 0.431 e. The number of alkyl halides is 7. The Morgan fingerprint density at radius 3 is 2.06 bits per heavy atom. The molecule has 2 aromatic carbocycles. The zero-order valence-electron chi connectivity index (χ0n) is 18.1. The van der Waals surface area contributed by atoms with Gasteiger partial charge in [-0.25, -0.2) is 0 Å². The lowest BCUT2D eigenvalue weighted by Gasteiger charge is -2.36. The summed E-state index contributed by atoms with van der Waals surface area (Å²) in [7, 11) is -6.43. The Morgan fingerprint density at radius 2 is 1.44 bits per heavy atom. The van der Waals surface area contributed by atoms with Crippen molar-refractivity contribution in [2.45, 2.75) is 48.2 Å². The van der Waals surface area contributed by atoms with Crippen molar-refractivity contribution in [2.75, 3.05) is 0 Å². The summed E-state index contributed by atoms with van der Waals surface area (Å²) >= 11 is 0. The lowest BCUT2D eigenvalue weighted by Crippen LogP contribution is -2.55. The van der Waals surface area contributed by atoms with Crippen LogP contribution in [0.15, 0.2) is 54.6 Å². The van der Waals surface area contributed by atoms with Crippen LogP contribution in [-0.2, 0) is 31.6 Å². The van der Waals surface area contributed by atoms with Gasteiger partial charge in [-0.05, 0) is 36.8 Å². The van der Waals surface area contributed by atoms with Gasteiger partial charge in [0.1, 0.15) is 0 Å². The lowest BCUT2D eigenvalue weighted by atomic mass is 9.81. The van der Waals surface area contributed by atoms with Gasteiger partial charge in [0.15, 0.2) is 0 Å². The number of hydrogen-bond donors (Lipinski definition) is 1. The predicted octanol–water partition coefficient (Wildman–Crippen LogP) is 5.46. The Kier molecular flexibility index (Phi) is 5.57. The second-order valence-corrected chi connectivity index (χ2v) is 10.8. The van der Waals surface area contributed by atoms with Crippen molar-refractivity contribution < 1.29 is 53.2 Å². The Bertz CT molecular complexity index is 1270. The summed E-state index contributed by atoms with van der Waals surface area (Å²) in [6, 6.07) is 11.9. The van der Waals surface area contributed by atoms with Crippen molar-refractivity contribution in [2.24, 2.45) is 17.8 Å². The molecule has 0 spiro atoms. The van der Waals surface area contributed by atoms with E-state index in [0.717, 1.165) is 18.2 Å². The van der Waals surface area contributed by atoms with Crippen LogP contribution < -0.4 is 0 Å². The molecule has 1 N–H and O–H groups in total. The van der Waals surface area contributed by atoms with Gasteiger partial charge in [-0.3, -0.25) is 4.55 Å². The van der Waals surface area contributed by atoms with Gasteiger partial charge < -0.3 is 9.47 Å². The summed E-state index contributed by atoms with van der Waals surface area (Å²) in [6.45, 7) is 0. The first-order valence-electron chi connectivity index (χ1n) is 10.9. The van der Waals surface area contributed by atoms with E-state index in [4.69, 9.17) is 14.0 Å². The molecule has 0 aromatic heterocycles. The lowest BCUT2D eigenvalue weighted by molar-refractivity contribution is -0.212. The third-order valence-electron chi connectivity index (χ3n) is 7.36. The van der Waals surface area contributed by atoms with Crippen LogP contribution in [0.4, 0.5) is 30.7 Å². The Balaban J connectivity index is 1.55. The first-order valence-corrected chi connectivity index (χ1v) is 12.3. The first-order chi connectivity index (χ1) is 16.6. The second kappa shape index (κ2) is 7.89. The Morgan fingerprint density at radius 1 is 0.833 bits per heavy atom. The molecule has 2 aliphatic carbocycles. The average Bonchev–Trinajstić information content (AvgIpc) is 3.49. The molecule has 5 rings (SSSR count). The summed E-state index contributed by atoms with van der Waals surface area (Å²) in [5, 5.41) is -5.73. The van der Waals surface area contributed by atoms with Gasteiger partial charge in [-0.15, -0.1) is 0 Å². The number of halogens is 7. The van der Waals surface area contributed by atoms with Crippen LogP contribution in [0.25, 0.3) is 0 Å². The number of rotatable bonds is 5. The molecule has 36 heavy (non-hydrogen) atoms. The van der Waals surface area contributed by atoms with Gasteiger partial charge in [0, 0.05) is 17.0 Å². The van der Waals surface area contributed by atoms with Crippen molar-refractivity contribution in [3.63, 3.8) is 0 Å². The average molecular weight is 540 g/mol. The van der Waals surface area contributed by atoms with Crippen LogP contribution in [0.5, 0.6) is 0 Å². The maximum absolute atomic E-state index is 14.8. The molecular weight excluding hydrogens is 521 g/mol. The van der Waals surface area contributed by atoms with Gasteiger partial charge >= 0.3 is 27.5 Å². The SMILES string of the molecule is O=S(=O)(O)C(F)(F)C(F)(F)C1CC2CC1C1OC(c3ccccc3)(c3cccc(C(F)(F)F)c3)OC21. The fraction of sp³-hybridized carbons (Fsp3) is 0.478. The first kappa shape index (κ1) is 25.4. The van der Waals surface area contributed by atoms with Gasteiger partial charge in [-0.1, -0.05) is 42.5 Å². The normalized spacial score (nSPS) is 32.6.